The summed E-state index contributed by atoms with van der Waals surface area (Å²) in [5, 5.41) is 5.38. The maximum Gasteiger partial charge on any atom is 0.254 e. The predicted octanol–water partition coefficient (Wildman–Crippen LogP) is 3.38. The molecule has 0 unspecified atom stereocenters. The first kappa shape index (κ1) is 13.2. The minimum Gasteiger partial charge on any atom is -0.384 e. The third kappa shape index (κ3) is 2.56. The van der Waals surface area contributed by atoms with Gasteiger partial charge in [0.2, 0.25) is 0 Å². The fourth-order valence-electron chi connectivity index (χ4n) is 2.52. The second kappa shape index (κ2) is 5.67. The van der Waals surface area contributed by atoms with E-state index in [4.69, 9.17) is 0 Å². The normalized spacial score (nSPS) is 12.8. The minimum atomic E-state index is 0.109. The Labute approximate surface area is 123 Å². The number of benzene rings is 1. The van der Waals surface area contributed by atoms with Crippen molar-refractivity contribution in [3.63, 3.8) is 0 Å². The van der Waals surface area contributed by atoms with Crippen LogP contribution in [-0.2, 0) is 13.0 Å². The van der Waals surface area contributed by atoms with E-state index in [1.807, 2.05) is 35.4 Å². The largest absolute Gasteiger partial charge is 0.384 e. The van der Waals surface area contributed by atoms with Crippen LogP contribution in [0.2, 0.25) is 0 Å². The fourth-order valence-corrected chi connectivity index (χ4v) is 3.24. The summed E-state index contributed by atoms with van der Waals surface area (Å²) < 4.78 is 0. The maximum atomic E-state index is 12.6. The van der Waals surface area contributed by atoms with Crippen molar-refractivity contribution in [3.8, 4) is 0 Å². The third-order valence-electron chi connectivity index (χ3n) is 3.66. The Balaban J connectivity index is 1.79. The highest BCUT2D eigenvalue weighted by atomic mass is 32.1. The summed E-state index contributed by atoms with van der Waals surface area (Å²) >= 11 is 1.69. The molecule has 1 aromatic carbocycles. The Kier molecular flexibility index (Phi) is 3.74. The molecule has 0 atom stereocenters. The van der Waals surface area contributed by atoms with Gasteiger partial charge in [0.15, 0.2) is 0 Å². The van der Waals surface area contributed by atoms with Crippen molar-refractivity contribution in [2.45, 2.75) is 19.9 Å². The zero-order valence-electron chi connectivity index (χ0n) is 11.6. The lowest BCUT2D eigenvalue weighted by atomic mass is 10.1. The molecule has 1 amide bonds. The molecule has 4 heteroatoms. The number of nitrogens with zero attached hydrogens (tertiary/aromatic N) is 1. The van der Waals surface area contributed by atoms with Gasteiger partial charge in [-0.2, -0.15) is 0 Å². The van der Waals surface area contributed by atoms with Crippen LogP contribution in [0.3, 0.4) is 0 Å². The fraction of sp³-hybridized carbons (Fsp3) is 0.312. The molecule has 1 aliphatic heterocycles. The minimum absolute atomic E-state index is 0.109. The van der Waals surface area contributed by atoms with Gasteiger partial charge in [0.1, 0.15) is 0 Å². The molecule has 0 bridgehead atoms. The van der Waals surface area contributed by atoms with E-state index < -0.39 is 0 Å². The molecule has 2 aromatic rings. The molecule has 1 aliphatic rings. The van der Waals surface area contributed by atoms with E-state index in [0.29, 0.717) is 6.54 Å². The van der Waals surface area contributed by atoms with Crippen molar-refractivity contribution in [2.24, 2.45) is 0 Å². The summed E-state index contributed by atoms with van der Waals surface area (Å²) in [6, 6.07) is 10.1. The number of carbonyl (C=O) groups excluding carboxylic acids is 1. The first-order chi connectivity index (χ1) is 9.78. The number of nitrogens with one attached hydrogen (secondary N) is 1. The molecule has 0 aliphatic carbocycles. The van der Waals surface area contributed by atoms with Crippen LogP contribution in [0.4, 0.5) is 5.69 Å². The average molecular weight is 286 g/mol. The summed E-state index contributed by atoms with van der Waals surface area (Å²) in [7, 11) is 0. The number of carbonyl (C=O) groups is 1. The van der Waals surface area contributed by atoms with Crippen LogP contribution in [0.1, 0.15) is 27.7 Å². The van der Waals surface area contributed by atoms with Gasteiger partial charge in [0.05, 0.1) is 6.54 Å². The van der Waals surface area contributed by atoms with Crippen LogP contribution in [0.15, 0.2) is 35.7 Å². The molecule has 1 aromatic heterocycles. The Hall–Kier alpha value is -1.81. The number of amides is 1. The summed E-state index contributed by atoms with van der Waals surface area (Å²) in [4.78, 5) is 15.7. The summed E-state index contributed by atoms with van der Waals surface area (Å²) in [6.45, 7) is 4.41. The number of anilines is 1. The van der Waals surface area contributed by atoms with E-state index in [-0.39, 0.29) is 5.91 Å². The second-order valence-corrected chi connectivity index (χ2v) is 5.98. The van der Waals surface area contributed by atoms with E-state index in [0.717, 1.165) is 30.8 Å². The van der Waals surface area contributed by atoms with Crippen LogP contribution in [0.25, 0.3) is 0 Å². The van der Waals surface area contributed by atoms with Crippen LogP contribution < -0.4 is 5.32 Å². The zero-order chi connectivity index (χ0) is 13.9. The molecule has 1 N–H and O–H groups in total. The second-order valence-electron chi connectivity index (χ2n) is 4.95. The van der Waals surface area contributed by atoms with Crippen LogP contribution in [-0.4, -0.2) is 23.9 Å². The van der Waals surface area contributed by atoms with Gasteiger partial charge in [0.25, 0.3) is 5.91 Å². The lowest BCUT2D eigenvalue weighted by molar-refractivity contribution is 0.0754. The Morgan fingerprint density at radius 3 is 3.05 bits per heavy atom. The highest BCUT2D eigenvalue weighted by Gasteiger charge is 2.18. The molecule has 3 nitrogen and oxygen atoms in total. The van der Waals surface area contributed by atoms with Crippen molar-refractivity contribution >= 4 is 22.9 Å². The smallest absolute Gasteiger partial charge is 0.254 e. The van der Waals surface area contributed by atoms with Crippen molar-refractivity contribution in [1.82, 2.24) is 4.90 Å². The van der Waals surface area contributed by atoms with Gasteiger partial charge in [-0.1, -0.05) is 12.1 Å². The number of thiophene rings is 1. The molecular formula is C16H18N2OS. The average Bonchev–Trinajstić information content (AvgIpc) is 3.14. The van der Waals surface area contributed by atoms with E-state index in [9.17, 15) is 4.79 Å². The summed E-state index contributed by atoms with van der Waals surface area (Å²) in [5.74, 6) is 0.109. The zero-order valence-corrected chi connectivity index (χ0v) is 12.4. The molecule has 3 rings (SSSR count). The Morgan fingerprint density at radius 2 is 2.30 bits per heavy atom. The van der Waals surface area contributed by atoms with Gasteiger partial charge in [-0.05, 0) is 42.5 Å². The van der Waals surface area contributed by atoms with Crippen LogP contribution in [0.5, 0.6) is 0 Å². The lowest BCUT2D eigenvalue weighted by Crippen LogP contribution is -2.30. The Morgan fingerprint density at radius 1 is 1.40 bits per heavy atom. The van der Waals surface area contributed by atoms with Gasteiger partial charge in [-0.3, -0.25) is 4.79 Å². The van der Waals surface area contributed by atoms with Gasteiger partial charge in [-0.25, -0.2) is 0 Å². The SMILES string of the molecule is CCN(Cc1cccs1)C(=O)c1ccc2c(c1)NCC2. The Bertz CT molecular complexity index is 607. The highest BCUT2D eigenvalue weighted by molar-refractivity contribution is 7.09. The lowest BCUT2D eigenvalue weighted by Gasteiger charge is -2.20. The maximum absolute atomic E-state index is 12.6. The molecule has 104 valence electrons. The van der Waals surface area contributed by atoms with E-state index in [2.05, 4.69) is 17.4 Å². The molecule has 0 radical (unpaired) electrons. The van der Waals surface area contributed by atoms with Crippen LogP contribution in [0, 0.1) is 0 Å². The number of fused-ring (bicyclic) bond motifs is 1. The van der Waals surface area contributed by atoms with Gasteiger partial charge < -0.3 is 10.2 Å². The van der Waals surface area contributed by atoms with Gasteiger partial charge in [0, 0.05) is 29.2 Å². The van der Waals surface area contributed by atoms with Crippen molar-refractivity contribution in [3.05, 3.63) is 51.7 Å². The molecule has 20 heavy (non-hydrogen) atoms. The van der Waals surface area contributed by atoms with Crippen molar-refractivity contribution in [2.75, 3.05) is 18.4 Å². The van der Waals surface area contributed by atoms with Crippen molar-refractivity contribution < 1.29 is 4.79 Å². The molecule has 2 heterocycles. The number of rotatable bonds is 4. The third-order valence-corrected chi connectivity index (χ3v) is 4.52. The topological polar surface area (TPSA) is 32.3 Å². The molecule has 0 saturated carbocycles. The van der Waals surface area contributed by atoms with E-state index in [1.165, 1.54) is 10.4 Å². The molecule has 0 saturated heterocycles. The van der Waals surface area contributed by atoms with Crippen molar-refractivity contribution in [1.29, 1.82) is 0 Å². The van der Waals surface area contributed by atoms with Gasteiger partial charge >= 0.3 is 0 Å². The number of hydrogen-bond donors (Lipinski definition) is 1. The van der Waals surface area contributed by atoms with Gasteiger partial charge in [-0.15, -0.1) is 11.3 Å². The molecular weight excluding hydrogens is 268 g/mol. The highest BCUT2D eigenvalue weighted by Crippen LogP contribution is 2.24. The molecule has 0 fully saturated rings. The monoisotopic (exact) mass is 286 g/mol. The van der Waals surface area contributed by atoms with E-state index in [1.54, 1.807) is 11.3 Å². The quantitative estimate of drug-likeness (QED) is 0.934. The first-order valence-corrected chi connectivity index (χ1v) is 7.84. The first-order valence-electron chi connectivity index (χ1n) is 6.96. The molecule has 0 spiro atoms. The summed E-state index contributed by atoms with van der Waals surface area (Å²) in [5.41, 5.74) is 3.20. The summed E-state index contributed by atoms with van der Waals surface area (Å²) in [6.07, 6.45) is 1.05. The predicted molar refractivity (Wildman–Crippen MR) is 83.4 cm³/mol. The van der Waals surface area contributed by atoms with Crippen LogP contribution >= 0.6 is 11.3 Å². The van der Waals surface area contributed by atoms with E-state index >= 15 is 0 Å². The number of hydrogen-bond acceptors (Lipinski definition) is 3. The standard InChI is InChI=1S/C16H18N2OS/c1-2-18(11-14-4-3-9-20-14)16(19)13-6-5-12-7-8-17-15(12)10-13/h3-6,9-10,17H,2,7-8,11H2,1H3.